The molecule has 0 aromatic carbocycles. The molecule has 0 radical (unpaired) electrons. The number of carbonyl (C=O) groups is 1. The Balaban J connectivity index is 1.65. The number of nitrogens with one attached hydrogen (secondary N) is 1. The van der Waals surface area contributed by atoms with Crippen LogP contribution in [0.3, 0.4) is 0 Å². The molecule has 0 aliphatic heterocycles. The maximum atomic E-state index is 11.8. The number of halogens is 2. The highest BCUT2D eigenvalue weighted by molar-refractivity contribution is 6.33. The first-order chi connectivity index (χ1) is 9.15. The van der Waals surface area contributed by atoms with Gasteiger partial charge in [-0.15, -0.1) is 0 Å². The zero-order valence-electron chi connectivity index (χ0n) is 10.5. The van der Waals surface area contributed by atoms with E-state index in [1.165, 1.54) is 25.0 Å². The van der Waals surface area contributed by atoms with E-state index < -0.39 is 0 Å². The van der Waals surface area contributed by atoms with E-state index in [1.54, 1.807) is 0 Å². The average molecular weight is 303 g/mol. The monoisotopic (exact) mass is 302 g/mol. The molecular weight excluding hydrogens is 287 g/mol. The Kier molecular flexibility index (Phi) is 5.43. The molecule has 1 fully saturated rings. The van der Waals surface area contributed by atoms with Crippen molar-refractivity contribution in [2.24, 2.45) is 5.92 Å². The van der Waals surface area contributed by atoms with Gasteiger partial charge in [-0.2, -0.15) is 0 Å². The maximum absolute atomic E-state index is 11.8. The molecule has 0 spiro atoms. The Hall–Kier alpha value is -0.840. The maximum Gasteiger partial charge on any atom is 0.251 e. The second-order valence-electron chi connectivity index (χ2n) is 4.63. The first-order valence-electron chi connectivity index (χ1n) is 6.34. The van der Waals surface area contributed by atoms with E-state index in [2.05, 4.69) is 10.3 Å². The Morgan fingerprint density at radius 1 is 1.37 bits per heavy atom. The molecule has 1 amide bonds. The van der Waals surface area contributed by atoms with E-state index in [9.17, 15) is 4.79 Å². The van der Waals surface area contributed by atoms with Crippen molar-refractivity contribution in [1.82, 2.24) is 10.3 Å². The Morgan fingerprint density at radius 3 is 2.68 bits per heavy atom. The van der Waals surface area contributed by atoms with Crippen molar-refractivity contribution >= 4 is 29.1 Å². The van der Waals surface area contributed by atoms with Crippen LogP contribution in [0, 0.1) is 5.92 Å². The largest absolute Gasteiger partial charge is 0.381 e. The summed E-state index contributed by atoms with van der Waals surface area (Å²) in [7, 11) is 0. The molecule has 1 aliphatic carbocycles. The van der Waals surface area contributed by atoms with Crippen molar-refractivity contribution in [2.75, 3.05) is 19.8 Å². The minimum Gasteiger partial charge on any atom is -0.381 e. The lowest BCUT2D eigenvalue weighted by Gasteiger charge is -2.06. The quantitative estimate of drug-likeness (QED) is 0.622. The molecule has 1 aliphatic rings. The topological polar surface area (TPSA) is 51.2 Å². The third-order valence-corrected chi connectivity index (χ3v) is 3.21. The van der Waals surface area contributed by atoms with Gasteiger partial charge in [0, 0.05) is 25.3 Å². The fourth-order valence-corrected chi connectivity index (χ4v) is 2.07. The number of ether oxygens (including phenoxy) is 1. The summed E-state index contributed by atoms with van der Waals surface area (Å²) in [6.45, 7) is 2.10. The van der Waals surface area contributed by atoms with Gasteiger partial charge in [-0.1, -0.05) is 23.2 Å². The first kappa shape index (κ1) is 14.6. The molecule has 104 valence electrons. The third-order valence-electron chi connectivity index (χ3n) is 2.83. The van der Waals surface area contributed by atoms with E-state index in [-0.39, 0.29) is 16.2 Å². The molecule has 19 heavy (non-hydrogen) atoms. The molecule has 2 rings (SSSR count). The molecule has 1 heterocycles. The van der Waals surface area contributed by atoms with E-state index >= 15 is 0 Å². The lowest BCUT2D eigenvalue weighted by atomic mass is 10.2. The minimum atomic E-state index is -0.201. The summed E-state index contributed by atoms with van der Waals surface area (Å²) in [6.07, 6.45) is 3.38. The highest BCUT2D eigenvalue weighted by Gasteiger charge is 2.20. The lowest BCUT2D eigenvalue weighted by Crippen LogP contribution is -2.25. The van der Waals surface area contributed by atoms with Crippen molar-refractivity contribution in [1.29, 1.82) is 0 Å². The van der Waals surface area contributed by atoms with Gasteiger partial charge >= 0.3 is 0 Å². The lowest BCUT2D eigenvalue weighted by molar-refractivity contribution is 0.0937. The van der Waals surface area contributed by atoms with Gasteiger partial charge in [-0.25, -0.2) is 4.98 Å². The van der Waals surface area contributed by atoms with Crippen molar-refractivity contribution in [3.8, 4) is 0 Å². The normalized spacial score (nSPS) is 14.4. The van der Waals surface area contributed by atoms with Crippen molar-refractivity contribution < 1.29 is 9.53 Å². The number of pyridine rings is 1. The molecule has 1 saturated carbocycles. The van der Waals surface area contributed by atoms with Gasteiger partial charge in [0.05, 0.1) is 0 Å². The summed E-state index contributed by atoms with van der Waals surface area (Å²) >= 11 is 11.5. The molecule has 1 aromatic rings. The zero-order chi connectivity index (χ0) is 13.7. The van der Waals surface area contributed by atoms with Gasteiger partial charge in [0.15, 0.2) is 0 Å². The van der Waals surface area contributed by atoms with Crippen molar-refractivity contribution in [3.05, 3.63) is 28.0 Å². The summed E-state index contributed by atoms with van der Waals surface area (Å²) in [6, 6.07) is 2.98. The number of hydrogen-bond acceptors (Lipinski definition) is 3. The molecule has 6 heteroatoms. The molecule has 0 bridgehead atoms. The van der Waals surface area contributed by atoms with Crippen LogP contribution in [0.25, 0.3) is 0 Å². The fraction of sp³-hybridized carbons (Fsp3) is 0.538. The SMILES string of the molecule is O=C(NCCCOCC1CC1)c1cc(Cl)nc(Cl)c1. The summed E-state index contributed by atoms with van der Waals surface area (Å²) in [5, 5.41) is 3.22. The van der Waals surface area contributed by atoms with Crippen LogP contribution < -0.4 is 5.32 Å². The smallest absolute Gasteiger partial charge is 0.251 e. The molecule has 0 atom stereocenters. The van der Waals surface area contributed by atoms with Crippen LogP contribution in [-0.2, 0) is 4.74 Å². The summed E-state index contributed by atoms with van der Waals surface area (Å²) in [4.78, 5) is 15.6. The van der Waals surface area contributed by atoms with Crippen molar-refractivity contribution in [3.63, 3.8) is 0 Å². The second kappa shape index (κ2) is 7.08. The number of amides is 1. The molecule has 1 N–H and O–H groups in total. The fourth-order valence-electron chi connectivity index (χ4n) is 1.61. The van der Waals surface area contributed by atoms with Gasteiger partial charge in [0.2, 0.25) is 0 Å². The first-order valence-corrected chi connectivity index (χ1v) is 7.10. The van der Waals surface area contributed by atoms with E-state index in [1.807, 2.05) is 0 Å². The summed E-state index contributed by atoms with van der Waals surface area (Å²) < 4.78 is 5.48. The van der Waals surface area contributed by atoms with Gasteiger partial charge < -0.3 is 10.1 Å². The zero-order valence-corrected chi connectivity index (χ0v) is 12.0. The number of rotatable bonds is 7. The molecule has 0 unspecified atom stereocenters. The third kappa shape index (κ3) is 5.35. The Morgan fingerprint density at radius 2 is 2.05 bits per heavy atom. The Labute approximate surface area is 122 Å². The molecule has 1 aromatic heterocycles. The van der Waals surface area contributed by atoms with Crippen LogP contribution in [0.1, 0.15) is 29.6 Å². The molecular formula is C13H16Cl2N2O2. The predicted molar refractivity (Wildman–Crippen MR) is 74.8 cm³/mol. The summed E-state index contributed by atoms with van der Waals surface area (Å²) in [5.41, 5.74) is 0.420. The highest BCUT2D eigenvalue weighted by atomic mass is 35.5. The van der Waals surface area contributed by atoms with Gasteiger partial charge in [-0.05, 0) is 37.3 Å². The summed E-state index contributed by atoms with van der Waals surface area (Å²) in [5.74, 6) is 0.573. The van der Waals surface area contributed by atoms with Crippen LogP contribution in [0.2, 0.25) is 10.3 Å². The van der Waals surface area contributed by atoms with Crippen LogP contribution >= 0.6 is 23.2 Å². The Bertz CT molecular complexity index is 430. The van der Waals surface area contributed by atoms with Crippen LogP contribution in [0.4, 0.5) is 0 Å². The predicted octanol–water partition coefficient (Wildman–Crippen LogP) is 2.93. The van der Waals surface area contributed by atoms with Gasteiger partial charge in [0.1, 0.15) is 10.3 Å². The number of hydrogen-bond donors (Lipinski definition) is 1. The standard InChI is InChI=1S/C13H16Cl2N2O2/c14-11-6-10(7-12(15)17-11)13(18)16-4-1-5-19-8-9-2-3-9/h6-7,9H,1-5,8H2,(H,16,18). The number of carbonyl (C=O) groups excluding carboxylic acids is 1. The number of nitrogens with zero attached hydrogens (tertiary/aromatic N) is 1. The van der Waals surface area contributed by atoms with Crippen LogP contribution in [0.15, 0.2) is 12.1 Å². The molecule has 0 saturated heterocycles. The second-order valence-corrected chi connectivity index (χ2v) is 5.40. The van der Waals surface area contributed by atoms with Crippen molar-refractivity contribution in [2.45, 2.75) is 19.3 Å². The van der Waals surface area contributed by atoms with Crippen LogP contribution in [0.5, 0.6) is 0 Å². The highest BCUT2D eigenvalue weighted by Crippen LogP contribution is 2.28. The van der Waals surface area contributed by atoms with E-state index in [0.29, 0.717) is 18.7 Å². The van der Waals surface area contributed by atoms with E-state index in [4.69, 9.17) is 27.9 Å². The van der Waals surface area contributed by atoms with Gasteiger partial charge in [-0.3, -0.25) is 4.79 Å². The molecule has 4 nitrogen and oxygen atoms in total. The number of aromatic nitrogens is 1. The minimum absolute atomic E-state index is 0.201. The van der Waals surface area contributed by atoms with Crippen LogP contribution in [-0.4, -0.2) is 30.6 Å². The van der Waals surface area contributed by atoms with E-state index in [0.717, 1.165) is 18.9 Å². The average Bonchev–Trinajstić information content (AvgIpc) is 3.16. The van der Waals surface area contributed by atoms with Gasteiger partial charge in [0.25, 0.3) is 5.91 Å².